The first kappa shape index (κ1) is 15.9. The maximum absolute atomic E-state index is 6.05. The van der Waals surface area contributed by atoms with Crippen LogP contribution >= 0.6 is 11.6 Å². The van der Waals surface area contributed by atoms with Crippen LogP contribution in [0.5, 0.6) is 5.75 Å². The quantitative estimate of drug-likeness (QED) is 0.796. The Kier molecular flexibility index (Phi) is 5.66. The molecular formula is C18H22ClNO. The summed E-state index contributed by atoms with van der Waals surface area (Å²) in [5, 5.41) is 4.36. The molecule has 0 saturated heterocycles. The first-order valence-corrected chi connectivity index (χ1v) is 7.72. The van der Waals surface area contributed by atoms with Crippen molar-refractivity contribution >= 4 is 11.6 Å². The third kappa shape index (κ3) is 4.48. The van der Waals surface area contributed by atoms with Crippen LogP contribution in [0.15, 0.2) is 48.5 Å². The van der Waals surface area contributed by atoms with Crippen LogP contribution in [-0.2, 0) is 0 Å². The van der Waals surface area contributed by atoms with E-state index in [0.29, 0.717) is 6.61 Å². The maximum atomic E-state index is 6.05. The topological polar surface area (TPSA) is 21.3 Å². The van der Waals surface area contributed by atoms with Crippen LogP contribution in [0, 0.1) is 0 Å². The molecule has 0 aliphatic heterocycles. The minimum atomic E-state index is 0.241. The van der Waals surface area contributed by atoms with Crippen LogP contribution in [0.1, 0.15) is 44.0 Å². The van der Waals surface area contributed by atoms with E-state index in [0.717, 1.165) is 10.8 Å². The molecule has 2 aromatic rings. The van der Waals surface area contributed by atoms with Gasteiger partial charge in [-0.1, -0.05) is 35.9 Å². The summed E-state index contributed by atoms with van der Waals surface area (Å²) in [5.41, 5.74) is 2.44. The highest BCUT2D eigenvalue weighted by atomic mass is 35.5. The van der Waals surface area contributed by atoms with Crippen LogP contribution in [0.25, 0.3) is 0 Å². The number of benzene rings is 2. The Bertz CT molecular complexity index is 568. The molecule has 21 heavy (non-hydrogen) atoms. The SMILES string of the molecule is CCOc1ccc(C(C)N[C@@H](C)c2cccc(Cl)c2)cc1. The van der Waals surface area contributed by atoms with Gasteiger partial charge in [0.2, 0.25) is 0 Å². The molecule has 0 amide bonds. The second-order valence-corrected chi connectivity index (χ2v) is 5.60. The van der Waals surface area contributed by atoms with Crippen molar-refractivity contribution < 1.29 is 4.74 Å². The van der Waals surface area contributed by atoms with Crippen molar-refractivity contribution in [1.82, 2.24) is 5.32 Å². The van der Waals surface area contributed by atoms with Crippen molar-refractivity contribution in [2.75, 3.05) is 6.61 Å². The van der Waals surface area contributed by atoms with Gasteiger partial charge in [-0.25, -0.2) is 0 Å². The lowest BCUT2D eigenvalue weighted by atomic mass is 10.0. The molecule has 0 spiro atoms. The molecule has 0 bridgehead atoms. The number of rotatable bonds is 6. The standard InChI is InChI=1S/C18H22ClNO/c1-4-21-18-10-8-15(9-11-18)13(2)20-14(3)16-6-5-7-17(19)12-16/h5-14,20H,4H2,1-3H3/t13?,14-/m0/s1. The molecule has 112 valence electrons. The van der Waals surface area contributed by atoms with Crippen molar-refractivity contribution in [2.45, 2.75) is 32.9 Å². The van der Waals surface area contributed by atoms with Gasteiger partial charge in [0.15, 0.2) is 0 Å². The van der Waals surface area contributed by atoms with Gasteiger partial charge in [0.1, 0.15) is 5.75 Å². The average Bonchev–Trinajstić information content (AvgIpc) is 2.48. The maximum Gasteiger partial charge on any atom is 0.119 e. The normalized spacial score (nSPS) is 13.7. The Morgan fingerprint density at radius 2 is 1.67 bits per heavy atom. The number of halogens is 1. The molecule has 0 fully saturated rings. The van der Waals surface area contributed by atoms with Crippen molar-refractivity contribution in [3.05, 3.63) is 64.7 Å². The number of nitrogens with one attached hydrogen (secondary N) is 1. The van der Waals surface area contributed by atoms with Gasteiger partial charge in [-0.3, -0.25) is 0 Å². The van der Waals surface area contributed by atoms with Crippen molar-refractivity contribution in [1.29, 1.82) is 0 Å². The largest absolute Gasteiger partial charge is 0.494 e. The highest BCUT2D eigenvalue weighted by molar-refractivity contribution is 6.30. The zero-order valence-electron chi connectivity index (χ0n) is 12.8. The monoisotopic (exact) mass is 303 g/mol. The fourth-order valence-corrected chi connectivity index (χ4v) is 2.56. The molecular weight excluding hydrogens is 282 g/mol. The van der Waals surface area contributed by atoms with Gasteiger partial charge in [0.25, 0.3) is 0 Å². The third-order valence-electron chi connectivity index (χ3n) is 3.54. The third-order valence-corrected chi connectivity index (χ3v) is 3.77. The molecule has 0 aliphatic rings. The van der Waals surface area contributed by atoms with E-state index < -0.39 is 0 Å². The van der Waals surface area contributed by atoms with E-state index >= 15 is 0 Å². The molecule has 1 N–H and O–H groups in total. The van der Waals surface area contributed by atoms with E-state index in [1.807, 2.05) is 37.3 Å². The van der Waals surface area contributed by atoms with Gasteiger partial charge < -0.3 is 10.1 Å². The molecule has 1 unspecified atom stereocenters. The predicted octanol–water partition coefficient (Wildman–Crippen LogP) is 5.15. The highest BCUT2D eigenvalue weighted by Crippen LogP contribution is 2.23. The molecule has 0 aromatic heterocycles. The van der Waals surface area contributed by atoms with Gasteiger partial charge >= 0.3 is 0 Å². The van der Waals surface area contributed by atoms with E-state index in [1.165, 1.54) is 11.1 Å². The lowest BCUT2D eigenvalue weighted by Crippen LogP contribution is -2.22. The van der Waals surface area contributed by atoms with Gasteiger partial charge in [-0.15, -0.1) is 0 Å². The summed E-state index contributed by atoms with van der Waals surface area (Å²) < 4.78 is 5.47. The summed E-state index contributed by atoms with van der Waals surface area (Å²) in [7, 11) is 0. The summed E-state index contributed by atoms with van der Waals surface area (Å²) in [6, 6.07) is 16.7. The van der Waals surface area contributed by atoms with Crippen LogP contribution in [-0.4, -0.2) is 6.61 Å². The van der Waals surface area contributed by atoms with Crippen LogP contribution in [0.4, 0.5) is 0 Å². The molecule has 3 heteroatoms. The van der Waals surface area contributed by atoms with Crippen LogP contribution in [0.3, 0.4) is 0 Å². The van der Waals surface area contributed by atoms with E-state index in [-0.39, 0.29) is 12.1 Å². The van der Waals surface area contributed by atoms with E-state index in [1.54, 1.807) is 0 Å². The van der Waals surface area contributed by atoms with Crippen molar-refractivity contribution in [2.24, 2.45) is 0 Å². The van der Waals surface area contributed by atoms with E-state index in [2.05, 4.69) is 37.4 Å². The molecule has 0 saturated carbocycles. The molecule has 0 aliphatic carbocycles. The van der Waals surface area contributed by atoms with Gasteiger partial charge in [-0.2, -0.15) is 0 Å². The van der Waals surface area contributed by atoms with Crippen LogP contribution in [0.2, 0.25) is 5.02 Å². The Balaban J connectivity index is 2.01. The van der Waals surface area contributed by atoms with Gasteiger partial charge in [0, 0.05) is 17.1 Å². The fourth-order valence-electron chi connectivity index (χ4n) is 2.36. The zero-order valence-corrected chi connectivity index (χ0v) is 13.5. The lowest BCUT2D eigenvalue weighted by Gasteiger charge is -2.21. The number of hydrogen-bond donors (Lipinski definition) is 1. The van der Waals surface area contributed by atoms with Crippen molar-refractivity contribution in [3.8, 4) is 5.75 Å². The highest BCUT2D eigenvalue weighted by Gasteiger charge is 2.11. The molecule has 0 radical (unpaired) electrons. The second-order valence-electron chi connectivity index (χ2n) is 5.17. The van der Waals surface area contributed by atoms with E-state index in [4.69, 9.17) is 16.3 Å². The molecule has 2 rings (SSSR count). The summed E-state index contributed by atoms with van der Waals surface area (Å²) in [6.07, 6.45) is 0. The number of ether oxygens (including phenoxy) is 1. The molecule has 2 nitrogen and oxygen atoms in total. The summed E-state index contributed by atoms with van der Waals surface area (Å²) in [6.45, 7) is 7.00. The summed E-state index contributed by atoms with van der Waals surface area (Å²) >= 11 is 6.05. The second kappa shape index (κ2) is 7.48. The fraction of sp³-hybridized carbons (Fsp3) is 0.333. The number of hydrogen-bond acceptors (Lipinski definition) is 2. The zero-order chi connectivity index (χ0) is 15.2. The predicted molar refractivity (Wildman–Crippen MR) is 89.0 cm³/mol. The Morgan fingerprint density at radius 1 is 1.00 bits per heavy atom. The first-order valence-electron chi connectivity index (χ1n) is 7.34. The summed E-state index contributed by atoms with van der Waals surface area (Å²) in [5.74, 6) is 0.913. The molecule has 2 aromatic carbocycles. The van der Waals surface area contributed by atoms with E-state index in [9.17, 15) is 0 Å². The summed E-state index contributed by atoms with van der Waals surface area (Å²) in [4.78, 5) is 0. The van der Waals surface area contributed by atoms with Gasteiger partial charge in [0.05, 0.1) is 6.61 Å². The molecule has 2 atom stereocenters. The Morgan fingerprint density at radius 3 is 2.29 bits per heavy atom. The van der Waals surface area contributed by atoms with Gasteiger partial charge in [-0.05, 0) is 56.2 Å². The smallest absolute Gasteiger partial charge is 0.119 e. The minimum absolute atomic E-state index is 0.241. The first-order chi connectivity index (χ1) is 10.1. The van der Waals surface area contributed by atoms with Crippen molar-refractivity contribution in [3.63, 3.8) is 0 Å². The average molecular weight is 304 g/mol. The lowest BCUT2D eigenvalue weighted by molar-refractivity contribution is 0.340. The minimum Gasteiger partial charge on any atom is -0.494 e. The Hall–Kier alpha value is -1.51. The van der Waals surface area contributed by atoms with Crippen LogP contribution < -0.4 is 10.1 Å². The molecule has 0 heterocycles. The Labute approximate surface area is 132 Å².